The van der Waals surface area contributed by atoms with Gasteiger partial charge in [0, 0.05) is 6.07 Å². The van der Waals surface area contributed by atoms with Crippen molar-refractivity contribution in [2.75, 3.05) is 9.93 Å². The second-order valence-corrected chi connectivity index (χ2v) is 5.34. The molecule has 0 bridgehead atoms. The molecule has 8 heteroatoms. The fraction of sp³-hybridized carbons (Fsp3) is 0.250. The van der Waals surface area contributed by atoms with Crippen molar-refractivity contribution in [2.45, 2.75) is 6.92 Å². The average Bonchev–Trinajstić information content (AvgIpc) is 2.20. The third kappa shape index (κ3) is 2.83. The fourth-order valence-electron chi connectivity index (χ4n) is 1.13. The van der Waals surface area contributed by atoms with Crippen LogP contribution in [0.2, 0.25) is 0 Å². The standard InChI is InChI=1S/C8H9ClN2O4S/c1-6-7(10-16(14,15)5-9)3-2-4-8(6)11(12)13/h2-4,10H,5H2,1H3. The van der Waals surface area contributed by atoms with E-state index < -0.39 is 20.2 Å². The van der Waals surface area contributed by atoms with Gasteiger partial charge in [-0.05, 0) is 13.0 Å². The number of rotatable bonds is 4. The van der Waals surface area contributed by atoms with Gasteiger partial charge in [-0.2, -0.15) is 0 Å². The molecular weight excluding hydrogens is 256 g/mol. The van der Waals surface area contributed by atoms with Crippen molar-refractivity contribution in [1.82, 2.24) is 0 Å². The van der Waals surface area contributed by atoms with Gasteiger partial charge in [0.05, 0.1) is 16.2 Å². The normalized spacial score (nSPS) is 11.1. The lowest BCUT2D eigenvalue weighted by molar-refractivity contribution is -0.385. The number of nitrogens with zero attached hydrogens (tertiary/aromatic N) is 1. The summed E-state index contributed by atoms with van der Waals surface area (Å²) in [5, 5.41) is 10.0. The summed E-state index contributed by atoms with van der Waals surface area (Å²) in [6.07, 6.45) is 0. The van der Waals surface area contributed by atoms with Gasteiger partial charge in [0.15, 0.2) is 0 Å². The van der Waals surface area contributed by atoms with E-state index in [9.17, 15) is 18.5 Å². The Kier molecular flexibility index (Phi) is 3.71. The van der Waals surface area contributed by atoms with E-state index in [-0.39, 0.29) is 16.9 Å². The minimum Gasteiger partial charge on any atom is -0.282 e. The molecule has 88 valence electrons. The van der Waals surface area contributed by atoms with Crippen molar-refractivity contribution < 1.29 is 13.3 Å². The molecule has 0 aliphatic heterocycles. The van der Waals surface area contributed by atoms with Gasteiger partial charge in [0.1, 0.15) is 5.21 Å². The van der Waals surface area contributed by atoms with Crippen LogP contribution in [0.15, 0.2) is 18.2 Å². The molecule has 1 N–H and O–H groups in total. The molecule has 0 radical (unpaired) electrons. The molecule has 6 nitrogen and oxygen atoms in total. The summed E-state index contributed by atoms with van der Waals surface area (Å²) in [7, 11) is -3.64. The molecule has 0 amide bonds. The highest BCUT2D eigenvalue weighted by Crippen LogP contribution is 2.25. The lowest BCUT2D eigenvalue weighted by Gasteiger charge is -2.08. The molecule has 0 saturated heterocycles. The summed E-state index contributed by atoms with van der Waals surface area (Å²) in [4.78, 5) is 10.0. The van der Waals surface area contributed by atoms with Crippen molar-refractivity contribution in [2.24, 2.45) is 0 Å². The van der Waals surface area contributed by atoms with Crippen molar-refractivity contribution >= 4 is 33.0 Å². The molecule has 0 saturated carbocycles. The van der Waals surface area contributed by atoms with E-state index in [1.54, 1.807) is 0 Å². The van der Waals surface area contributed by atoms with Gasteiger partial charge in [-0.1, -0.05) is 6.07 Å². The Bertz CT molecular complexity index is 515. The van der Waals surface area contributed by atoms with Gasteiger partial charge in [0.25, 0.3) is 5.69 Å². The number of sulfonamides is 1. The maximum atomic E-state index is 11.2. The number of benzene rings is 1. The first-order chi connectivity index (χ1) is 7.37. The zero-order valence-electron chi connectivity index (χ0n) is 8.31. The number of hydrogen-bond acceptors (Lipinski definition) is 4. The first-order valence-electron chi connectivity index (χ1n) is 4.18. The van der Waals surface area contributed by atoms with Crippen molar-refractivity contribution in [3.05, 3.63) is 33.9 Å². The monoisotopic (exact) mass is 264 g/mol. The van der Waals surface area contributed by atoms with Crippen LogP contribution in [0.25, 0.3) is 0 Å². The van der Waals surface area contributed by atoms with E-state index in [0.717, 1.165) is 0 Å². The molecule has 0 aliphatic carbocycles. The molecule has 0 aromatic heterocycles. The van der Waals surface area contributed by atoms with Crippen LogP contribution in [-0.2, 0) is 10.0 Å². The maximum absolute atomic E-state index is 11.2. The minimum absolute atomic E-state index is 0.144. The highest BCUT2D eigenvalue weighted by atomic mass is 35.5. The van der Waals surface area contributed by atoms with Gasteiger partial charge in [-0.25, -0.2) is 8.42 Å². The Morgan fingerprint density at radius 2 is 2.12 bits per heavy atom. The predicted molar refractivity (Wildman–Crippen MR) is 61.1 cm³/mol. The molecule has 0 unspecified atom stereocenters. The van der Waals surface area contributed by atoms with Gasteiger partial charge >= 0.3 is 0 Å². The summed E-state index contributed by atoms with van der Waals surface area (Å²) >= 11 is 5.21. The van der Waals surface area contributed by atoms with E-state index in [4.69, 9.17) is 11.6 Å². The van der Waals surface area contributed by atoms with E-state index >= 15 is 0 Å². The zero-order chi connectivity index (χ0) is 12.3. The highest BCUT2D eigenvalue weighted by Gasteiger charge is 2.16. The van der Waals surface area contributed by atoms with Crippen LogP contribution in [0.1, 0.15) is 5.56 Å². The summed E-state index contributed by atoms with van der Waals surface area (Å²) in [6, 6.07) is 4.14. The summed E-state index contributed by atoms with van der Waals surface area (Å²) in [5.74, 6) is 0. The zero-order valence-corrected chi connectivity index (χ0v) is 9.88. The van der Waals surface area contributed by atoms with Crippen LogP contribution in [-0.4, -0.2) is 18.6 Å². The molecule has 1 rings (SSSR count). The van der Waals surface area contributed by atoms with Crippen LogP contribution in [0, 0.1) is 17.0 Å². The Morgan fingerprint density at radius 1 is 1.50 bits per heavy atom. The molecule has 0 spiro atoms. The number of nitro benzene ring substituents is 1. The van der Waals surface area contributed by atoms with E-state index in [2.05, 4.69) is 4.72 Å². The molecule has 0 heterocycles. The van der Waals surface area contributed by atoms with Crippen LogP contribution in [0.5, 0.6) is 0 Å². The number of halogens is 1. The number of hydrogen-bond donors (Lipinski definition) is 1. The largest absolute Gasteiger partial charge is 0.282 e. The lowest BCUT2D eigenvalue weighted by atomic mass is 10.2. The van der Waals surface area contributed by atoms with E-state index in [0.29, 0.717) is 0 Å². The van der Waals surface area contributed by atoms with Crippen LogP contribution < -0.4 is 4.72 Å². The third-order valence-electron chi connectivity index (χ3n) is 1.91. The van der Waals surface area contributed by atoms with Gasteiger partial charge in [-0.3, -0.25) is 14.8 Å². The Morgan fingerprint density at radius 3 is 2.62 bits per heavy atom. The smallest absolute Gasteiger partial charge is 0.274 e. The van der Waals surface area contributed by atoms with Crippen molar-refractivity contribution in [1.29, 1.82) is 0 Å². The first kappa shape index (κ1) is 12.7. The van der Waals surface area contributed by atoms with Crippen molar-refractivity contribution in [3.8, 4) is 0 Å². The van der Waals surface area contributed by atoms with Crippen molar-refractivity contribution in [3.63, 3.8) is 0 Å². The molecule has 16 heavy (non-hydrogen) atoms. The van der Waals surface area contributed by atoms with Crippen LogP contribution in [0.4, 0.5) is 11.4 Å². The topological polar surface area (TPSA) is 89.3 Å². The van der Waals surface area contributed by atoms with Gasteiger partial charge in [0.2, 0.25) is 10.0 Å². The quantitative estimate of drug-likeness (QED) is 0.510. The molecule has 0 aliphatic rings. The predicted octanol–water partition coefficient (Wildman–Crippen LogP) is 1.84. The van der Waals surface area contributed by atoms with E-state index in [1.165, 1.54) is 25.1 Å². The summed E-state index contributed by atoms with van der Waals surface area (Å²) < 4.78 is 24.5. The highest BCUT2D eigenvalue weighted by molar-refractivity contribution is 7.93. The number of anilines is 1. The first-order valence-corrected chi connectivity index (χ1v) is 6.36. The van der Waals surface area contributed by atoms with Gasteiger partial charge in [-0.15, -0.1) is 11.6 Å². The Labute approximate surface area is 97.4 Å². The summed E-state index contributed by atoms with van der Waals surface area (Å²) in [6.45, 7) is 1.46. The maximum Gasteiger partial charge on any atom is 0.274 e. The van der Waals surface area contributed by atoms with Crippen LogP contribution in [0.3, 0.4) is 0 Å². The SMILES string of the molecule is Cc1c(NS(=O)(=O)CCl)cccc1[N+](=O)[O-]. The molecule has 0 atom stereocenters. The summed E-state index contributed by atoms with van der Waals surface area (Å²) in [5.41, 5.74) is 0.269. The Balaban J connectivity index is 3.17. The average molecular weight is 265 g/mol. The second-order valence-electron chi connectivity index (χ2n) is 3.03. The number of alkyl halides is 1. The molecular formula is C8H9ClN2O4S. The second kappa shape index (κ2) is 4.67. The fourth-order valence-corrected chi connectivity index (χ4v) is 1.90. The van der Waals surface area contributed by atoms with Crippen LogP contribution >= 0.6 is 11.6 Å². The number of nitrogens with one attached hydrogen (secondary N) is 1. The number of nitro groups is 1. The lowest BCUT2D eigenvalue weighted by Crippen LogP contribution is -2.14. The van der Waals surface area contributed by atoms with Gasteiger partial charge < -0.3 is 0 Å². The molecule has 0 fully saturated rings. The Hall–Kier alpha value is -1.34. The molecule has 1 aromatic carbocycles. The molecule has 1 aromatic rings. The third-order valence-corrected chi connectivity index (χ3v) is 3.59. The minimum atomic E-state index is -3.64. The van der Waals surface area contributed by atoms with E-state index in [1.807, 2.05) is 0 Å².